The van der Waals surface area contributed by atoms with Crippen LogP contribution < -0.4 is 10.1 Å². The molecular formula is C25H17Cl2NO4. The highest BCUT2D eigenvalue weighted by molar-refractivity contribution is 6.35. The van der Waals surface area contributed by atoms with Crippen molar-refractivity contribution in [2.24, 2.45) is 0 Å². The maximum absolute atomic E-state index is 13.1. The third kappa shape index (κ3) is 4.54. The Hall–Kier alpha value is -3.54. The standard InChI is InChI=1S/C25H17Cl2NO4/c1-31-18-11-7-16(8-12-18)24(30)25-23(19-4-2-3-5-21(19)32-25)28-22(29)13-9-15-6-10-17(26)14-20(15)27/h2-14H,1H3,(H,28,29). The number of ketones is 1. The number of benzene rings is 3. The van der Waals surface area contributed by atoms with Gasteiger partial charge in [-0.15, -0.1) is 0 Å². The van der Waals surface area contributed by atoms with Crippen molar-refractivity contribution in [3.05, 3.63) is 99.7 Å². The summed E-state index contributed by atoms with van der Waals surface area (Å²) in [5.41, 5.74) is 1.84. The normalized spacial score (nSPS) is 11.1. The maximum Gasteiger partial charge on any atom is 0.248 e. The molecule has 1 amide bonds. The number of fused-ring (bicyclic) bond motifs is 1. The van der Waals surface area contributed by atoms with Gasteiger partial charge in [0.05, 0.1) is 12.8 Å². The SMILES string of the molecule is COc1ccc(C(=O)c2oc3ccccc3c2NC(=O)C=Cc2ccc(Cl)cc2Cl)cc1. The highest BCUT2D eigenvalue weighted by Crippen LogP contribution is 2.33. The molecule has 3 aromatic carbocycles. The molecule has 32 heavy (non-hydrogen) atoms. The molecule has 1 aromatic heterocycles. The van der Waals surface area contributed by atoms with Gasteiger partial charge in [0.1, 0.15) is 11.3 Å². The van der Waals surface area contributed by atoms with Crippen LogP contribution in [0.1, 0.15) is 21.7 Å². The molecule has 0 saturated heterocycles. The van der Waals surface area contributed by atoms with E-state index in [-0.39, 0.29) is 11.5 Å². The minimum Gasteiger partial charge on any atom is -0.497 e. The molecule has 0 atom stereocenters. The molecule has 4 rings (SSSR count). The minimum atomic E-state index is -0.439. The third-order valence-electron chi connectivity index (χ3n) is 4.78. The van der Waals surface area contributed by atoms with Gasteiger partial charge in [0.25, 0.3) is 0 Å². The van der Waals surface area contributed by atoms with Crippen molar-refractivity contribution < 1.29 is 18.7 Å². The summed E-state index contributed by atoms with van der Waals surface area (Å²) < 4.78 is 11.0. The molecule has 4 aromatic rings. The van der Waals surface area contributed by atoms with Gasteiger partial charge in [-0.25, -0.2) is 0 Å². The average Bonchev–Trinajstić information content (AvgIpc) is 3.16. The highest BCUT2D eigenvalue weighted by atomic mass is 35.5. The summed E-state index contributed by atoms with van der Waals surface area (Å²) in [6.45, 7) is 0. The number of anilines is 1. The first-order chi connectivity index (χ1) is 15.5. The zero-order valence-corrected chi connectivity index (χ0v) is 18.4. The van der Waals surface area contributed by atoms with Crippen molar-refractivity contribution >= 4 is 57.6 Å². The first-order valence-corrected chi connectivity index (χ1v) is 10.4. The lowest BCUT2D eigenvalue weighted by molar-refractivity contribution is -0.111. The summed E-state index contributed by atoms with van der Waals surface area (Å²) >= 11 is 12.1. The van der Waals surface area contributed by atoms with E-state index in [2.05, 4.69) is 5.32 Å². The summed E-state index contributed by atoms with van der Waals surface area (Å²) in [6, 6.07) is 18.7. The largest absolute Gasteiger partial charge is 0.497 e. The van der Waals surface area contributed by atoms with E-state index in [1.54, 1.807) is 79.9 Å². The zero-order valence-electron chi connectivity index (χ0n) is 16.9. The van der Waals surface area contributed by atoms with Crippen molar-refractivity contribution in [3.63, 3.8) is 0 Å². The van der Waals surface area contributed by atoms with Crippen LogP contribution in [0.15, 0.2) is 77.2 Å². The Bertz CT molecular complexity index is 1340. The van der Waals surface area contributed by atoms with Crippen molar-refractivity contribution in [2.75, 3.05) is 12.4 Å². The summed E-state index contributed by atoms with van der Waals surface area (Å²) in [5.74, 6) is -0.122. The predicted molar refractivity (Wildman–Crippen MR) is 127 cm³/mol. The second kappa shape index (κ2) is 9.30. The van der Waals surface area contributed by atoms with Crippen LogP contribution in [0.25, 0.3) is 17.0 Å². The molecule has 0 unspecified atom stereocenters. The number of hydrogen-bond donors (Lipinski definition) is 1. The fraction of sp³-hybridized carbons (Fsp3) is 0.0400. The van der Waals surface area contributed by atoms with Crippen molar-refractivity contribution in [1.82, 2.24) is 0 Å². The molecule has 160 valence electrons. The second-order valence-electron chi connectivity index (χ2n) is 6.85. The van der Waals surface area contributed by atoms with Crippen LogP contribution in [-0.2, 0) is 4.79 Å². The Balaban J connectivity index is 1.66. The summed E-state index contributed by atoms with van der Waals surface area (Å²) in [7, 11) is 1.55. The number of amides is 1. The van der Waals surface area contributed by atoms with Crippen LogP contribution in [0.4, 0.5) is 5.69 Å². The Labute approximate surface area is 194 Å². The average molecular weight is 466 g/mol. The van der Waals surface area contributed by atoms with Crippen LogP contribution in [0.3, 0.4) is 0 Å². The third-order valence-corrected chi connectivity index (χ3v) is 5.34. The van der Waals surface area contributed by atoms with Gasteiger partial charge >= 0.3 is 0 Å². The van der Waals surface area contributed by atoms with Crippen molar-refractivity contribution in [1.29, 1.82) is 0 Å². The van der Waals surface area contributed by atoms with Crippen molar-refractivity contribution in [3.8, 4) is 5.75 Å². The molecule has 0 aliphatic rings. The smallest absolute Gasteiger partial charge is 0.248 e. The van der Waals surface area contributed by atoms with Gasteiger partial charge in [-0.1, -0.05) is 41.4 Å². The van der Waals surface area contributed by atoms with Crippen LogP contribution >= 0.6 is 23.2 Å². The Morgan fingerprint density at radius 2 is 1.75 bits per heavy atom. The molecule has 7 heteroatoms. The van der Waals surface area contributed by atoms with Crippen molar-refractivity contribution in [2.45, 2.75) is 0 Å². The number of para-hydroxylation sites is 1. The van der Waals surface area contributed by atoms with E-state index in [9.17, 15) is 9.59 Å². The van der Waals surface area contributed by atoms with E-state index in [4.69, 9.17) is 32.4 Å². The summed E-state index contributed by atoms with van der Waals surface area (Å²) in [4.78, 5) is 25.8. The number of ether oxygens (including phenoxy) is 1. The van der Waals surface area contributed by atoms with E-state index >= 15 is 0 Å². The highest BCUT2D eigenvalue weighted by Gasteiger charge is 2.23. The molecule has 0 bridgehead atoms. The number of furan rings is 1. The fourth-order valence-electron chi connectivity index (χ4n) is 3.17. The molecule has 0 spiro atoms. The monoisotopic (exact) mass is 465 g/mol. The molecule has 1 N–H and O–H groups in total. The number of nitrogens with one attached hydrogen (secondary N) is 1. The number of methoxy groups -OCH3 is 1. The number of halogens is 2. The van der Waals surface area contributed by atoms with Gasteiger partial charge in [0.15, 0.2) is 5.76 Å². The topological polar surface area (TPSA) is 68.5 Å². The number of carbonyl (C=O) groups excluding carboxylic acids is 2. The van der Waals surface area contributed by atoms with E-state index < -0.39 is 5.91 Å². The lowest BCUT2D eigenvalue weighted by Crippen LogP contribution is -2.11. The molecule has 0 aliphatic carbocycles. The minimum absolute atomic E-state index is 0.0441. The number of carbonyl (C=O) groups is 2. The van der Waals surface area contributed by atoms with Crippen LogP contribution in [-0.4, -0.2) is 18.8 Å². The van der Waals surface area contributed by atoms with Crippen LogP contribution in [0.2, 0.25) is 10.0 Å². The van der Waals surface area contributed by atoms with Gasteiger partial charge < -0.3 is 14.5 Å². The lowest BCUT2D eigenvalue weighted by atomic mass is 10.1. The second-order valence-corrected chi connectivity index (χ2v) is 7.69. The molecular weight excluding hydrogens is 449 g/mol. The van der Waals surface area contributed by atoms with Gasteiger partial charge in [0.2, 0.25) is 11.7 Å². The molecule has 0 fully saturated rings. The van der Waals surface area contributed by atoms with Gasteiger partial charge in [-0.2, -0.15) is 0 Å². The first kappa shape index (κ1) is 21.7. The van der Waals surface area contributed by atoms with Gasteiger partial charge in [0, 0.05) is 27.1 Å². The van der Waals surface area contributed by atoms with Crippen LogP contribution in [0.5, 0.6) is 5.75 Å². The van der Waals surface area contributed by atoms with E-state index in [0.717, 1.165) is 0 Å². The molecule has 0 radical (unpaired) electrons. The molecule has 1 heterocycles. The molecule has 5 nitrogen and oxygen atoms in total. The predicted octanol–water partition coefficient (Wildman–Crippen LogP) is 6.63. The molecule has 0 saturated carbocycles. The lowest BCUT2D eigenvalue weighted by Gasteiger charge is -2.05. The van der Waals surface area contributed by atoms with E-state index in [0.29, 0.717) is 43.6 Å². The Morgan fingerprint density at radius 1 is 1.00 bits per heavy atom. The van der Waals surface area contributed by atoms with Gasteiger partial charge in [-0.05, 0) is 60.2 Å². The summed E-state index contributed by atoms with van der Waals surface area (Å²) in [6.07, 6.45) is 2.90. The first-order valence-electron chi connectivity index (χ1n) is 9.60. The van der Waals surface area contributed by atoms with E-state index in [1.807, 2.05) is 0 Å². The summed E-state index contributed by atoms with van der Waals surface area (Å²) in [5, 5.41) is 4.32. The zero-order chi connectivity index (χ0) is 22.7. The fourth-order valence-corrected chi connectivity index (χ4v) is 3.64. The Kier molecular flexibility index (Phi) is 6.30. The number of hydrogen-bond acceptors (Lipinski definition) is 4. The quantitative estimate of drug-likeness (QED) is 0.256. The number of rotatable bonds is 6. The molecule has 0 aliphatic heterocycles. The maximum atomic E-state index is 13.1. The Morgan fingerprint density at radius 3 is 2.47 bits per heavy atom. The van der Waals surface area contributed by atoms with Crippen LogP contribution in [0, 0.1) is 0 Å². The van der Waals surface area contributed by atoms with Gasteiger partial charge in [-0.3, -0.25) is 9.59 Å². The van der Waals surface area contributed by atoms with E-state index in [1.165, 1.54) is 6.08 Å².